The van der Waals surface area contributed by atoms with Crippen molar-refractivity contribution in [2.75, 3.05) is 13.6 Å². The third-order valence-electron chi connectivity index (χ3n) is 3.74. The highest BCUT2D eigenvalue weighted by Crippen LogP contribution is 2.38. The molecule has 0 aromatic carbocycles. The van der Waals surface area contributed by atoms with Gasteiger partial charge in [0.05, 0.1) is 0 Å². The van der Waals surface area contributed by atoms with Crippen molar-refractivity contribution in [3.63, 3.8) is 0 Å². The summed E-state index contributed by atoms with van der Waals surface area (Å²) in [6.07, 6.45) is 4.19. The number of nitrogens with zero attached hydrogens (tertiary/aromatic N) is 2. The van der Waals surface area contributed by atoms with Crippen molar-refractivity contribution in [1.82, 2.24) is 4.90 Å². The first-order chi connectivity index (χ1) is 7.90. The Morgan fingerprint density at radius 2 is 2.06 bits per heavy atom. The van der Waals surface area contributed by atoms with Gasteiger partial charge >= 0.3 is 0 Å². The van der Waals surface area contributed by atoms with Gasteiger partial charge in [-0.3, -0.25) is 4.79 Å². The van der Waals surface area contributed by atoms with E-state index in [1.54, 1.807) is 11.9 Å². The van der Waals surface area contributed by atoms with Crippen LogP contribution in [0.15, 0.2) is 5.16 Å². The molecule has 0 radical (unpaired) electrons. The number of oxime groups is 1. The number of rotatable bonds is 4. The molecule has 1 aliphatic carbocycles. The van der Waals surface area contributed by atoms with Crippen LogP contribution in [-0.2, 0) is 4.79 Å². The van der Waals surface area contributed by atoms with Crippen molar-refractivity contribution in [3.8, 4) is 0 Å². The molecule has 0 aliphatic heterocycles. The molecule has 1 fully saturated rings. The maximum Gasteiger partial charge on any atom is 0.228 e. The molecule has 17 heavy (non-hydrogen) atoms. The summed E-state index contributed by atoms with van der Waals surface area (Å²) in [6.45, 7) is 4.37. The molecule has 0 heterocycles. The zero-order chi connectivity index (χ0) is 13.1. The second-order valence-corrected chi connectivity index (χ2v) is 5.38. The number of amides is 1. The Balaban J connectivity index is 2.58. The Hall–Kier alpha value is -1.26. The topological polar surface area (TPSA) is 78.9 Å². The van der Waals surface area contributed by atoms with Crippen LogP contribution < -0.4 is 5.73 Å². The lowest BCUT2D eigenvalue weighted by atomic mass is 9.87. The Morgan fingerprint density at radius 1 is 1.53 bits per heavy atom. The fourth-order valence-electron chi connectivity index (χ4n) is 2.52. The monoisotopic (exact) mass is 241 g/mol. The molecule has 0 aromatic heterocycles. The lowest BCUT2D eigenvalue weighted by molar-refractivity contribution is -0.139. The zero-order valence-corrected chi connectivity index (χ0v) is 10.9. The molecular formula is C12H23N3O2. The molecule has 1 saturated carbocycles. The smallest absolute Gasteiger partial charge is 0.228 e. The molecule has 1 unspecified atom stereocenters. The largest absolute Gasteiger partial charge is 0.409 e. The predicted octanol–water partition coefficient (Wildman–Crippen LogP) is 1.41. The summed E-state index contributed by atoms with van der Waals surface area (Å²) < 4.78 is 0. The van der Waals surface area contributed by atoms with Gasteiger partial charge in [0.25, 0.3) is 0 Å². The standard InChI is InChI=1S/C12H23N3O2/c1-9(10(13)14-17)8-15(3)11(16)12(2)6-4-5-7-12/h9,17H,4-8H2,1-3H3,(H2,13,14). The second-order valence-electron chi connectivity index (χ2n) is 5.38. The van der Waals surface area contributed by atoms with Crippen LogP contribution in [0.4, 0.5) is 0 Å². The molecule has 0 saturated heterocycles. The summed E-state index contributed by atoms with van der Waals surface area (Å²) in [6, 6.07) is 0. The molecular weight excluding hydrogens is 218 g/mol. The van der Waals surface area contributed by atoms with E-state index < -0.39 is 0 Å². The minimum atomic E-state index is -0.209. The average Bonchev–Trinajstić information content (AvgIpc) is 2.75. The van der Waals surface area contributed by atoms with Gasteiger partial charge < -0.3 is 15.8 Å². The van der Waals surface area contributed by atoms with Crippen LogP contribution in [0.1, 0.15) is 39.5 Å². The van der Waals surface area contributed by atoms with Gasteiger partial charge in [-0.1, -0.05) is 31.8 Å². The fraction of sp³-hybridized carbons (Fsp3) is 0.833. The maximum atomic E-state index is 12.3. The summed E-state index contributed by atoms with van der Waals surface area (Å²) in [7, 11) is 1.78. The molecule has 1 amide bonds. The normalized spacial score (nSPS) is 21.2. The molecule has 5 heteroatoms. The van der Waals surface area contributed by atoms with Crippen LogP contribution in [0.2, 0.25) is 0 Å². The Labute approximate surface area is 103 Å². The Kier molecular flexibility index (Phi) is 4.37. The van der Waals surface area contributed by atoms with Crippen LogP contribution >= 0.6 is 0 Å². The SMILES string of the molecule is CC(CN(C)C(=O)C1(C)CCCC1)C(N)=NO. The molecule has 1 rings (SSSR count). The second kappa shape index (κ2) is 5.38. The van der Waals surface area contributed by atoms with E-state index in [0.717, 1.165) is 25.7 Å². The number of nitrogens with two attached hydrogens (primary N) is 1. The number of hydrogen-bond donors (Lipinski definition) is 2. The van der Waals surface area contributed by atoms with Crippen molar-refractivity contribution in [3.05, 3.63) is 0 Å². The summed E-state index contributed by atoms with van der Waals surface area (Å²) in [5, 5.41) is 11.6. The first kappa shape index (κ1) is 13.8. The molecule has 0 spiro atoms. The minimum absolute atomic E-state index is 0.126. The Morgan fingerprint density at radius 3 is 2.53 bits per heavy atom. The average molecular weight is 241 g/mol. The molecule has 0 aromatic rings. The predicted molar refractivity (Wildman–Crippen MR) is 66.8 cm³/mol. The number of amidine groups is 1. The summed E-state index contributed by atoms with van der Waals surface area (Å²) in [5.41, 5.74) is 5.30. The summed E-state index contributed by atoms with van der Waals surface area (Å²) >= 11 is 0. The highest BCUT2D eigenvalue weighted by molar-refractivity contribution is 5.85. The zero-order valence-electron chi connectivity index (χ0n) is 10.9. The third-order valence-corrected chi connectivity index (χ3v) is 3.74. The quantitative estimate of drug-likeness (QED) is 0.338. The number of carbonyl (C=O) groups is 1. The Bertz CT molecular complexity index is 309. The minimum Gasteiger partial charge on any atom is -0.409 e. The fourth-order valence-corrected chi connectivity index (χ4v) is 2.52. The van der Waals surface area contributed by atoms with E-state index in [4.69, 9.17) is 10.9 Å². The van der Waals surface area contributed by atoms with Crippen molar-refractivity contribution in [2.24, 2.45) is 22.2 Å². The molecule has 3 N–H and O–H groups in total. The number of carbonyl (C=O) groups excluding carboxylic acids is 1. The van der Waals surface area contributed by atoms with E-state index in [1.807, 2.05) is 13.8 Å². The van der Waals surface area contributed by atoms with Crippen LogP contribution in [-0.4, -0.2) is 35.4 Å². The van der Waals surface area contributed by atoms with Gasteiger partial charge in [0.15, 0.2) is 0 Å². The van der Waals surface area contributed by atoms with Crippen LogP contribution in [0.5, 0.6) is 0 Å². The van der Waals surface area contributed by atoms with Gasteiger partial charge in [0.2, 0.25) is 5.91 Å². The lowest BCUT2D eigenvalue weighted by Crippen LogP contribution is -2.42. The third kappa shape index (κ3) is 3.11. The van der Waals surface area contributed by atoms with E-state index >= 15 is 0 Å². The summed E-state index contributed by atoms with van der Waals surface area (Å²) in [4.78, 5) is 14.0. The van der Waals surface area contributed by atoms with Gasteiger partial charge in [0.1, 0.15) is 5.84 Å². The first-order valence-electron chi connectivity index (χ1n) is 6.13. The summed E-state index contributed by atoms with van der Waals surface area (Å²) in [5.74, 6) is 0.216. The van der Waals surface area contributed by atoms with Crippen molar-refractivity contribution < 1.29 is 10.0 Å². The van der Waals surface area contributed by atoms with Gasteiger partial charge in [0, 0.05) is 24.9 Å². The maximum absolute atomic E-state index is 12.3. The van der Waals surface area contributed by atoms with Crippen LogP contribution in [0, 0.1) is 11.3 Å². The molecule has 98 valence electrons. The van der Waals surface area contributed by atoms with Crippen molar-refractivity contribution >= 4 is 11.7 Å². The van der Waals surface area contributed by atoms with E-state index in [-0.39, 0.29) is 23.1 Å². The van der Waals surface area contributed by atoms with E-state index in [9.17, 15) is 4.79 Å². The molecule has 1 atom stereocenters. The first-order valence-corrected chi connectivity index (χ1v) is 6.13. The van der Waals surface area contributed by atoms with E-state index in [0.29, 0.717) is 6.54 Å². The highest BCUT2D eigenvalue weighted by atomic mass is 16.4. The van der Waals surface area contributed by atoms with Gasteiger partial charge in [-0.25, -0.2) is 0 Å². The molecule has 5 nitrogen and oxygen atoms in total. The lowest BCUT2D eigenvalue weighted by Gasteiger charge is -2.30. The van der Waals surface area contributed by atoms with Crippen LogP contribution in [0.3, 0.4) is 0 Å². The molecule has 1 aliphatic rings. The molecule has 0 bridgehead atoms. The number of hydrogen-bond acceptors (Lipinski definition) is 3. The highest BCUT2D eigenvalue weighted by Gasteiger charge is 2.38. The van der Waals surface area contributed by atoms with Gasteiger partial charge in [-0.05, 0) is 12.8 Å². The van der Waals surface area contributed by atoms with Gasteiger partial charge in [-0.15, -0.1) is 0 Å². The van der Waals surface area contributed by atoms with Gasteiger partial charge in [-0.2, -0.15) is 0 Å². The van der Waals surface area contributed by atoms with Crippen molar-refractivity contribution in [1.29, 1.82) is 0 Å². The van der Waals surface area contributed by atoms with E-state index in [2.05, 4.69) is 5.16 Å². The van der Waals surface area contributed by atoms with Crippen molar-refractivity contribution in [2.45, 2.75) is 39.5 Å². The van der Waals surface area contributed by atoms with Crippen LogP contribution in [0.25, 0.3) is 0 Å². The van der Waals surface area contributed by atoms with E-state index in [1.165, 1.54) is 0 Å².